The van der Waals surface area contributed by atoms with Crippen LogP contribution in [0.1, 0.15) is 5.56 Å². The van der Waals surface area contributed by atoms with E-state index in [0.29, 0.717) is 0 Å². The summed E-state index contributed by atoms with van der Waals surface area (Å²) in [5.74, 6) is 0. The lowest BCUT2D eigenvalue weighted by Gasteiger charge is -2.13. The molecule has 0 spiro atoms. The highest BCUT2D eigenvalue weighted by molar-refractivity contribution is 9.12. The zero-order valence-electron chi connectivity index (χ0n) is 13.7. The molecule has 0 aromatic heterocycles. The van der Waals surface area contributed by atoms with Crippen LogP contribution in [0.5, 0.6) is 0 Å². The van der Waals surface area contributed by atoms with Gasteiger partial charge in [-0.25, -0.2) is 0 Å². The highest BCUT2D eigenvalue weighted by Crippen LogP contribution is 2.39. The second-order valence-electron chi connectivity index (χ2n) is 5.66. The van der Waals surface area contributed by atoms with Crippen LogP contribution in [0.3, 0.4) is 0 Å². The van der Waals surface area contributed by atoms with Gasteiger partial charge >= 0.3 is 0 Å². The number of halogens is 4. The summed E-state index contributed by atoms with van der Waals surface area (Å²) >= 11 is 14.7. The Labute approximate surface area is 187 Å². The highest BCUT2D eigenvalue weighted by atomic mass is 79.9. The van der Waals surface area contributed by atoms with E-state index < -0.39 is 0 Å². The Bertz CT molecular complexity index is 1060. The van der Waals surface area contributed by atoms with Gasteiger partial charge in [-0.05, 0) is 63.4 Å². The van der Waals surface area contributed by atoms with Crippen molar-refractivity contribution in [2.45, 2.75) is 0 Å². The van der Waals surface area contributed by atoms with Gasteiger partial charge in [-0.3, -0.25) is 0 Å². The molecular weight excluding hydrogens is 584 g/mol. The molecule has 0 aliphatic carbocycles. The minimum atomic E-state index is 0.913. The second-order valence-corrected chi connectivity index (χ2v) is 9.08. The predicted octanol–water partition coefficient (Wildman–Crippen LogP) is 9.27. The van der Waals surface area contributed by atoms with Crippen molar-refractivity contribution < 1.29 is 0 Å². The summed E-state index contributed by atoms with van der Waals surface area (Å²) in [7, 11) is 0. The fourth-order valence-corrected chi connectivity index (χ4v) is 4.86. The predicted molar refractivity (Wildman–Crippen MR) is 129 cm³/mol. The summed E-state index contributed by atoms with van der Waals surface area (Å²) < 4.78 is 4.05. The van der Waals surface area contributed by atoms with E-state index in [0.717, 1.165) is 50.9 Å². The number of rotatable bonds is 4. The van der Waals surface area contributed by atoms with Gasteiger partial charge in [-0.1, -0.05) is 107 Å². The van der Waals surface area contributed by atoms with Gasteiger partial charge in [-0.15, -0.1) is 0 Å². The van der Waals surface area contributed by atoms with Gasteiger partial charge in [0, 0.05) is 17.9 Å². The summed E-state index contributed by atoms with van der Waals surface area (Å²) in [6.45, 7) is 7.77. The normalized spacial score (nSPS) is 12.0. The first-order valence-electron chi connectivity index (χ1n) is 7.79. The van der Waals surface area contributed by atoms with Crippen molar-refractivity contribution in [3.63, 3.8) is 0 Å². The molecule has 3 aromatic carbocycles. The summed E-state index contributed by atoms with van der Waals surface area (Å²) in [4.78, 5) is 0. The molecule has 0 aliphatic heterocycles. The van der Waals surface area contributed by atoms with E-state index in [2.05, 4.69) is 113 Å². The van der Waals surface area contributed by atoms with Gasteiger partial charge in [0.15, 0.2) is 0 Å². The van der Waals surface area contributed by atoms with Gasteiger partial charge in [0.25, 0.3) is 0 Å². The maximum absolute atomic E-state index is 3.94. The maximum atomic E-state index is 3.94. The molecule has 3 rings (SSSR count). The zero-order valence-corrected chi connectivity index (χ0v) is 20.0. The molecule has 0 bridgehead atoms. The molecule has 26 heavy (non-hydrogen) atoms. The first-order valence-corrected chi connectivity index (χ1v) is 11.0. The van der Waals surface area contributed by atoms with E-state index in [9.17, 15) is 0 Å². The molecule has 0 aliphatic rings. The van der Waals surface area contributed by atoms with Crippen LogP contribution in [0.15, 0.2) is 91.7 Å². The number of hydrogen-bond donors (Lipinski definition) is 0. The van der Waals surface area contributed by atoms with Crippen LogP contribution in [0.2, 0.25) is 0 Å². The molecule has 4 heteroatoms. The summed E-state index contributed by atoms with van der Waals surface area (Å²) in [5.41, 5.74) is 4.37. The number of benzene rings is 3. The molecule has 0 saturated heterocycles. The van der Waals surface area contributed by atoms with Crippen LogP contribution in [0, 0.1) is 0 Å². The Hall–Kier alpha value is -0.940. The molecule has 0 fully saturated rings. The van der Waals surface area contributed by atoms with E-state index in [4.69, 9.17) is 0 Å². The fraction of sp³-hybridized carbons (Fsp3) is 0. The Kier molecular flexibility index (Phi) is 6.39. The topological polar surface area (TPSA) is 0 Å². The van der Waals surface area contributed by atoms with E-state index in [1.807, 2.05) is 18.2 Å². The summed E-state index contributed by atoms with van der Waals surface area (Å²) in [6, 6.07) is 16.9. The molecule has 0 amide bonds. The maximum Gasteiger partial charge on any atom is 0.0260 e. The SMILES string of the molecule is C=C/C(Br)=C(\C=C)c1cc2cc(Br)c(-c3ccccc3Br)cc2cc1Br. The molecule has 0 unspecified atom stereocenters. The van der Waals surface area contributed by atoms with Crippen molar-refractivity contribution in [2.75, 3.05) is 0 Å². The smallest absolute Gasteiger partial charge is 0.0260 e. The Morgan fingerprint density at radius 2 is 1.38 bits per heavy atom. The minimum Gasteiger partial charge on any atom is -0.0984 e. The molecule has 3 aromatic rings. The average molecular weight is 598 g/mol. The summed E-state index contributed by atoms with van der Waals surface area (Å²) in [6.07, 6.45) is 3.61. The van der Waals surface area contributed by atoms with Crippen LogP contribution in [0.4, 0.5) is 0 Å². The molecule has 0 N–H and O–H groups in total. The standard InChI is InChI=1S/C22H14Br4/c1-3-15(19(23)4-2)17-9-13-12-22(26)18(10-14(13)11-21(17)25)16-7-5-6-8-20(16)24/h3-12H,1-2H2/b19-15-. The first kappa shape index (κ1) is 19.8. The lowest BCUT2D eigenvalue weighted by molar-refractivity contribution is 1.56. The van der Waals surface area contributed by atoms with Gasteiger partial charge in [0.05, 0.1) is 0 Å². The molecule has 0 atom stereocenters. The van der Waals surface area contributed by atoms with Crippen molar-refractivity contribution in [3.8, 4) is 11.1 Å². The van der Waals surface area contributed by atoms with Crippen LogP contribution in [-0.2, 0) is 0 Å². The van der Waals surface area contributed by atoms with Crippen molar-refractivity contribution >= 4 is 80.1 Å². The van der Waals surface area contributed by atoms with Crippen LogP contribution in [0.25, 0.3) is 27.5 Å². The monoisotopic (exact) mass is 594 g/mol. The van der Waals surface area contributed by atoms with E-state index in [1.165, 1.54) is 0 Å². The first-order chi connectivity index (χ1) is 12.5. The number of hydrogen-bond acceptors (Lipinski definition) is 0. The van der Waals surface area contributed by atoms with E-state index >= 15 is 0 Å². The average Bonchev–Trinajstić information content (AvgIpc) is 2.63. The Morgan fingerprint density at radius 1 is 0.731 bits per heavy atom. The molecule has 0 saturated carbocycles. The third-order valence-corrected chi connectivity index (χ3v) is 6.86. The lowest BCUT2D eigenvalue weighted by Crippen LogP contribution is -1.89. The van der Waals surface area contributed by atoms with Gasteiger partial charge in [0.1, 0.15) is 0 Å². The quantitative estimate of drug-likeness (QED) is 0.263. The van der Waals surface area contributed by atoms with Gasteiger partial charge < -0.3 is 0 Å². The van der Waals surface area contributed by atoms with Crippen molar-refractivity contribution in [1.82, 2.24) is 0 Å². The van der Waals surface area contributed by atoms with E-state index in [-0.39, 0.29) is 0 Å². The zero-order chi connectivity index (χ0) is 18.8. The number of fused-ring (bicyclic) bond motifs is 1. The number of allylic oxidation sites excluding steroid dienone is 4. The van der Waals surface area contributed by atoms with Gasteiger partial charge in [-0.2, -0.15) is 0 Å². The Balaban J connectivity index is 2.26. The molecule has 0 nitrogen and oxygen atoms in total. The molecule has 0 radical (unpaired) electrons. The summed E-state index contributed by atoms with van der Waals surface area (Å²) in [5, 5.41) is 2.31. The Morgan fingerprint density at radius 3 is 2.04 bits per heavy atom. The van der Waals surface area contributed by atoms with Crippen molar-refractivity contribution in [1.29, 1.82) is 0 Å². The van der Waals surface area contributed by atoms with Gasteiger partial charge in [0.2, 0.25) is 0 Å². The van der Waals surface area contributed by atoms with E-state index in [1.54, 1.807) is 6.08 Å². The highest BCUT2D eigenvalue weighted by Gasteiger charge is 2.12. The minimum absolute atomic E-state index is 0.913. The lowest BCUT2D eigenvalue weighted by atomic mass is 9.97. The molecule has 0 heterocycles. The largest absolute Gasteiger partial charge is 0.0984 e. The molecular formula is C22H14Br4. The third kappa shape index (κ3) is 3.84. The molecule has 130 valence electrons. The van der Waals surface area contributed by atoms with Crippen LogP contribution >= 0.6 is 63.7 Å². The van der Waals surface area contributed by atoms with Crippen LogP contribution < -0.4 is 0 Å². The third-order valence-electron chi connectivity index (χ3n) is 4.11. The second kappa shape index (κ2) is 8.39. The fourth-order valence-electron chi connectivity index (χ4n) is 2.83. The van der Waals surface area contributed by atoms with Crippen molar-refractivity contribution in [3.05, 3.63) is 97.3 Å². The van der Waals surface area contributed by atoms with Crippen molar-refractivity contribution in [2.24, 2.45) is 0 Å². The van der Waals surface area contributed by atoms with Crippen LogP contribution in [-0.4, -0.2) is 0 Å².